The number of benzene rings is 2. The lowest BCUT2D eigenvalue weighted by Gasteiger charge is -2.36. The van der Waals surface area contributed by atoms with E-state index in [1.807, 2.05) is 56.3 Å². The normalized spacial score (nSPS) is 17.7. The number of methoxy groups -OCH3 is 1. The van der Waals surface area contributed by atoms with Gasteiger partial charge in [0.1, 0.15) is 11.4 Å². The largest absolute Gasteiger partial charge is 0.496 e. The predicted octanol–water partition coefficient (Wildman–Crippen LogP) is 3.23. The van der Waals surface area contributed by atoms with Crippen molar-refractivity contribution in [3.05, 3.63) is 64.9 Å². The fourth-order valence-corrected chi connectivity index (χ4v) is 4.29. The Balaban J connectivity index is 1.82. The van der Waals surface area contributed by atoms with E-state index in [4.69, 9.17) is 4.74 Å². The van der Waals surface area contributed by atoms with E-state index in [1.54, 1.807) is 7.11 Å². The standard InChI is InChI=1S/C25H29N3O3/c1-5-26-12-14-27(15-13-26)23-22(20-8-6-7-9-21(20)31-4)24(29)28(25(23)30)19-11-10-17(2)18(3)16-19/h6-11,16H,5,12-15H2,1-4H3. The molecular weight excluding hydrogens is 390 g/mol. The lowest BCUT2D eigenvalue weighted by Crippen LogP contribution is -2.47. The van der Waals surface area contributed by atoms with E-state index in [2.05, 4.69) is 16.7 Å². The van der Waals surface area contributed by atoms with E-state index < -0.39 is 0 Å². The number of ether oxygens (including phenoxy) is 1. The van der Waals surface area contributed by atoms with Crippen LogP contribution < -0.4 is 9.64 Å². The highest BCUT2D eigenvalue weighted by atomic mass is 16.5. The van der Waals surface area contributed by atoms with Crippen molar-refractivity contribution in [2.75, 3.05) is 44.7 Å². The minimum absolute atomic E-state index is 0.265. The number of aryl methyl sites for hydroxylation is 2. The summed E-state index contributed by atoms with van der Waals surface area (Å²) in [5.74, 6) is 0.0232. The van der Waals surface area contributed by atoms with Crippen molar-refractivity contribution in [1.82, 2.24) is 9.80 Å². The Labute approximate surface area is 183 Å². The Morgan fingerprint density at radius 3 is 2.26 bits per heavy atom. The number of carbonyl (C=O) groups excluding carboxylic acids is 2. The molecule has 31 heavy (non-hydrogen) atoms. The average Bonchev–Trinajstić information content (AvgIpc) is 3.05. The van der Waals surface area contributed by atoms with Crippen LogP contribution >= 0.6 is 0 Å². The highest BCUT2D eigenvalue weighted by Crippen LogP contribution is 2.38. The van der Waals surface area contributed by atoms with Gasteiger partial charge in [-0.3, -0.25) is 9.59 Å². The molecule has 4 rings (SSSR count). The van der Waals surface area contributed by atoms with Gasteiger partial charge < -0.3 is 14.5 Å². The van der Waals surface area contributed by atoms with Gasteiger partial charge in [-0.15, -0.1) is 0 Å². The zero-order valence-corrected chi connectivity index (χ0v) is 18.6. The van der Waals surface area contributed by atoms with Crippen LogP contribution in [0.2, 0.25) is 0 Å². The Kier molecular flexibility index (Phi) is 5.83. The van der Waals surface area contributed by atoms with Gasteiger partial charge in [-0.25, -0.2) is 4.90 Å². The molecule has 2 aliphatic rings. The first-order valence-electron chi connectivity index (χ1n) is 10.8. The first kappa shape index (κ1) is 21.1. The van der Waals surface area contributed by atoms with Gasteiger partial charge in [-0.05, 0) is 49.7 Å². The summed E-state index contributed by atoms with van der Waals surface area (Å²) in [6.45, 7) is 10.3. The van der Waals surface area contributed by atoms with Crippen LogP contribution in [-0.2, 0) is 9.59 Å². The Morgan fingerprint density at radius 2 is 1.61 bits per heavy atom. The number of para-hydroxylation sites is 1. The Hall–Kier alpha value is -3.12. The van der Waals surface area contributed by atoms with Gasteiger partial charge in [0, 0.05) is 31.7 Å². The molecule has 2 aliphatic heterocycles. The van der Waals surface area contributed by atoms with Gasteiger partial charge in [0.15, 0.2) is 0 Å². The molecule has 0 radical (unpaired) electrons. The predicted molar refractivity (Wildman–Crippen MR) is 122 cm³/mol. The van der Waals surface area contributed by atoms with Crippen molar-refractivity contribution in [2.45, 2.75) is 20.8 Å². The molecule has 0 atom stereocenters. The van der Waals surface area contributed by atoms with Gasteiger partial charge >= 0.3 is 0 Å². The summed E-state index contributed by atoms with van der Waals surface area (Å²) in [5.41, 5.74) is 4.32. The van der Waals surface area contributed by atoms with Crippen molar-refractivity contribution in [3.63, 3.8) is 0 Å². The van der Waals surface area contributed by atoms with E-state index in [0.29, 0.717) is 41.4 Å². The lowest BCUT2D eigenvalue weighted by atomic mass is 10.0. The monoisotopic (exact) mass is 419 g/mol. The second kappa shape index (κ2) is 8.55. The minimum atomic E-state index is -0.300. The Bertz CT molecular complexity index is 1050. The van der Waals surface area contributed by atoms with Crippen LogP contribution in [-0.4, -0.2) is 61.4 Å². The van der Waals surface area contributed by atoms with Crippen LogP contribution in [0.25, 0.3) is 5.57 Å². The summed E-state index contributed by atoms with van der Waals surface area (Å²) < 4.78 is 5.54. The number of likely N-dealkylation sites (N-methyl/N-ethyl adjacent to an activating group) is 1. The SMILES string of the molecule is CCN1CCN(C2=C(c3ccccc3OC)C(=O)N(c3ccc(C)c(C)c3)C2=O)CC1. The molecule has 0 spiro atoms. The van der Waals surface area contributed by atoms with Gasteiger partial charge in [-0.2, -0.15) is 0 Å². The first-order valence-corrected chi connectivity index (χ1v) is 10.8. The molecule has 0 bridgehead atoms. The molecule has 0 unspecified atom stereocenters. The number of hydrogen-bond donors (Lipinski definition) is 0. The third kappa shape index (κ3) is 3.72. The van der Waals surface area contributed by atoms with Crippen LogP contribution in [0.15, 0.2) is 48.2 Å². The number of rotatable bonds is 5. The maximum Gasteiger partial charge on any atom is 0.282 e. The summed E-state index contributed by atoms with van der Waals surface area (Å²) in [6.07, 6.45) is 0. The molecule has 0 saturated carbocycles. The minimum Gasteiger partial charge on any atom is -0.496 e. The molecule has 6 heteroatoms. The highest BCUT2D eigenvalue weighted by molar-refractivity contribution is 6.45. The van der Waals surface area contributed by atoms with Crippen molar-refractivity contribution >= 4 is 23.1 Å². The number of amides is 2. The highest BCUT2D eigenvalue weighted by Gasteiger charge is 2.43. The fourth-order valence-electron chi connectivity index (χ4n) is 4.29. The van der Waals surface area contributed by atoms with Crippen LogP contribution in [0.3, 0.4) is 0 Å². The maximum atomic E-state index is 13.7. The molecule has 2 aromatic rings. The summed E-state index contributed by atoms with van der Waals surface area (Å²) in [5, 5.41) is 0. The van der Waals surface area contributed by atoms with E-state index in [0.717, 1.165) is 30.8 Å². The lowest BCUT2D eigenvalue weighted by molar-refractivity contribution is -0.120. The number of anilines is 1. The number of imide groups is 1. The molecule has 6 nitrogen and oxygen atoms in total. The maximum absolute atomic E-state index is 13.7. The zero-order chi connectivity index (χ0) is 22.1. The molecule has 0 aromatic heterocycles. The van der Waals surface area contributed by atoms with Crippen LogP contribution in [0, 0.1) is 13.8 Å². The third-order valence-corrected chi connectivity index (χ3v) is 6.32. The quantitative estimate of drug-likeness (QED) is 0.697. The molecule has 2 amide bonds. The number of piperazine rings is 1. The van der Waals surface area contributed by atoms with E-state index in [1.165, 1.54) is 4.90 Å². The van der Waals surface area contributed by atoms with Gasteiger partial charge in [-0.1, -0.05) is 31.2 Å². The Morgan fingerprint density at radius 1 is 0.903 bits per heavy atom. The summed E-state index contributed by atoms with van der Waals surface area (Å²) in [6, 6.07) is 13.1. The van der Waals surface area contributed by atoms with Crippen LogP contribution in [0.4, 0.5) is 5.69 Å². The van der Waals surface area contributed by atoms with Crippen molar-refractivity contribution in [3.8, 4) is 5.75 Å². The first-order chi connectivity index (χ1) is 15.0. The number of hydrogen-bond acceptors (Lipinski definition) is 5. The molecule has 162 valence electrons. The van der Waals surface area contributed by atoms with E-state index in [9.17, 15) is 9.59 Å². The average molecular weight is 420 g/mol. The van der Waals surface area contributed by atoms with Crippen LogP contribution in [0.1, 0.15) is 23.6 Å². The zero-order valence-electron chi connectivity index (χ0n) is 18.6. The van der Waals surface area contributed by atoms with Gasteiger partial charge in [0.2, 0.25) is 0 Å². The molecular formula is C25H29N3O3. The number of carbonyl (C=O) groups is 2. The second-order valence-corrected chi connectivity index (χ2v) is 8.06. The van der Waals surface area contributed by atoms with E-state index in [-0.39, 0.29) is 11.8 Å². The van der Waals surface area contributed by atoms with Gasteiger partial charge in [0.05, 0.1) is 18.4 Å². The summed E-state index contributed by atoms with van der Waals surface area (Å²) >= 11 is 0. The van der Waals surface area contributed by atoms with Gasteiger partial charge in [0.25, 0.3) is 11.8 Å². The third-order valence-electron chi connectivity index (χ3n) is 6.32. The molecule has 2 aromatic carbocycles. The topological polar surface area (TPSA) is 53.1 Å². The smallest absolute Gasteiger partial charge is 0.282 e. The van der Waals surface area contributed by atoms with Crippen molar-refractivity contribution in [1.29, 1.82) is 0 Å². The van der Waals surface area contributed by atoms with Crippen molar-refractivity contribution in [2.24, 2.45) is 0 Å². The van der Waals surface area contributed by atoms with E-state index >= 15 is 0 Å². The molecule has 1 fully saturated rings. The molecule has 1 saturated heterocycles. The molecule has 2 heterocycles. The fraction of sp³-hybridized carbons (Fsp3) is 0.360. The molecule has 0 aliphatic carbocycles. The number of nitrogens with zero attached hydrogens (tertiary/aromatic N) is 3. The second-order valence-electron chi connectivity index (χ2n) is 8.06. The summed E-state index contributed by atoms with van der Waals surface area (Å²) in [4.78, 5) is 33.1. The summed E-state index contributed by atoms with van der Waals surface area (Å²) in [7, 11) is 1.58. The van der Waals surface area contributed by atoms with Crippen molar-refractivity contribution < 1.29 is 14.3 Å². The molecule has 0 N–H and O–H groups in total. The van der Waals surface area contributed by atoms with Crippen LogP contribution in [0.5, 0.6) is 5.75 Å².